The third-order valence-electron chi connectivity index (χ3n) is 18.6. The standard InChI is InChI=1S/C63H67ClF3N5O4/c1-37-9-14-41-24-49(58-51-32-69-72(55-8-5-6-23-75-55)54(51)28-53(64)59(58)52-30-62(52)20-21-62)60(67)50-27-46(76-36-63-19-7-22-71(63)35-43(66)29-63)26-48(57(41)50)56(37)38(2)47-25-42(65)31-68-61(47)70(33-39-10-15-44(73-3)16-11-39)34-40-12-17-45(74-4)18-13-40/h10-13,15-18,24-28,31-32,37-38,43,52,55-56H,5-9,14,19-23,29-30,33-36H2,1-4H3/t37-,38-,43+,52?,55?,56?,63-/m0/s1. The van der Waals surface area contributed by atoms with E-state index in [4.69, 9.17) is 40.6 Å². The smallest absolute Gasteiger partial charge is 0.150 e. The fourth-order valence-corrected chi connectivity index (χ4v) is 14.7. The number of anilines is 1. The zero-order valence-corrected chi connectivity index (χ0v) is 44.8. The van der Waals surface area contributed by atoms with Crippen LogP contribution in [0.3, 0.4) is 0 Å². The number of hydrogen-bond donors (Lipinski definition) is 0. The first-order valence-electron chi connectivity index (χ1n) is 27.7. The number of hydrogen-bond acceptors (Lipinski definition) is 8. The second kappa shape index (κ2) is 19.6. The van der Waals surface area contributed by atoms with Crippen molar-refractivity contribution in [2.24, 2.45) is 11.3 Å². The van der Waals surface area contributed by atoms with Gasteiger partial charge in [-0.25, -0.2) is 22.8 Å². The Bertz CT molecular complexity index is 3290. The summed E-state index contributed by atoms with van der Waals surface area (Å²) >= 11 is 7.50. The Labute approximate surface area is 448 Å². The monoisotopic (exact) mass is 1050 g/mol. The molecular weight excluding hydrogens is 983 g/mol. The van der Waals surface area contributed by atoms with Gasteiger partial charge in [0.25, 0.3) is 0 Å². The molecule has 0 bridgehead atoms. The topological polar surface area (TPSA) is 74.1 Å². The van der Waals surface area contributed by atoms with E-state index in [-0.39, 0.29) is 41.1 Å². The molecular formula is C63H67ClF3N5O4. The molecule has 2 aromatic heterocycles. The van der Waals surface area contributed by atoms with Crippen LogP contribution in [0.1, 0.15) is 135 Å². The number of aromatic nitrogens is 3. The molecule has 0 amide bonds. The van der Waals surface area contributed by atoms with Crippen LogP contribution in [0.2, 0.25) is 5.02 Å². The molecule has 13 heteroatoms. The molecule has 0 radical (unpaired) electrons. The van der Waals surface area contributed by atoms with Gasteiger partial charge in [0.1, 0.15) is 47.5 Å². The molecule has 7 atom stereocenters. The van der Waals surface area contributed by atoms with Gasteiger partial charge in [0.2, 0.25) is 0 Å². The van der Waals surface area contributed by atoms with E-state index in [1.165, 1.54) is 6.20 Å². The Hall–Kier alpha value is -5.82. The van der Waals surface area contributed by atoms with E-state index in [1.54, 1.807) is 20.3 Å². The molecule has 2 saturated carbocycles. The van der Waals surface area contributed by atoms with Crippen molar-refractivity contribution in [3.05, 3.63) is 141 Å². The number of methoxy groups -OCH3 is 2. The molecule has 5 heterocycles. The van der Waals surface area contributed by atoms with Gasteiger partial charge in [-0.15, -0.1) is 0 Å². The van der Waals surface area contributed by atoms with E-state index in [9.17, 15) is 0 Å². The average molecular weight is 1050 g/mol. The molecule has 396 valence electrons. The van der Waals surface area contributed by atoms with Gasteiger partial charge in [-0.05, 0) is 188 Å². The molecule has 5 aromatic carbocycles. The fourth-order valence-electron chi connectivity index (χ4n) is 14.4. The van der Waals surface area contributed by atoms with Crippen molar-refractivity contribution >= 4 is 39.1 Å². The lowest BCUT2D eigenvalue weighted by molar-refractivity contribution is -0.0366. The summed E-state index contributed by atoms with van der Waals surface area (Å²) < 4.78 is 76.4. The second-order valence-electron chi connectivity index (χ2n) is 23.3. The van der Waals surface area contributed by atoms with E-state index in [0.29, 0.717) is 73.2 Å². The molecule has 3 saturated heterocycles. The summed E-state index contributed by atoms with van der Waals surface area (Å²) in [6, 6.07) is 25.9. The van der Waals surface area contributed by atoms with E-state index < -0.39 is 17.5 Å². The van der Waals surface area contributed by atoms with Crippen LogP contribution in [0.5, 0.6) is 17.2 Å². The van der Waals surface area contributed by atoms with Crippen LogP contribution < -0.4 is 19.1 Å². The Balaban J connectivity index is 0.975. The van der Waals surface area contributed by atoms with Crippen LogP contribution >= 0.6 is 11.6 Å². The molecule has 7 aromatic rings. The van der Waals surface area contributed by atoms with Gasteiger partial charge >= 0.3 is 0 Å². The minimum atomic E-state index is -0.916. The first-order valence-corrected chi connectivity index (χ1v) is 28.1. The van der Waals surface area contributed by atoms with Gasteiger partial charge < -0.3 is 23.8 Å². The first kappa shape index (κ1) is 49.7. The Morgan fingerprint density at radius 2 is 1.61 bits per heavy atom. The Morgan fingerprint density at radius 3 is 2.29 bits per heavy atom. The molecule has 5 fully saturated rings. The number of aryl methyl sites for hydroxylation is 1. The minimum Gasteiger partial charge on any atom is -0.497 e. The maximum Gasteiger partial charge on any atom is 0.150 e. The van der Waals surface area contributed by atoms with Gasteiger partial charge in [0.15, 0.2) is 6.23 Å². The van der Waals surface area contributed by atoms with Gasteiger partial charge in [-0.1, -0.05) is 49.7 Å². The number of benzene rings is 5. The molecule has 6 aliphatic rings. The third-order valence-corrected chi connectivity index (χ3v) is 19.0. The van der Waals surface area contributed by atoms with Crippen molar-refractivity contribution in [2.75, 3.05) is 45.4 Å². The highest BCUT2D eigenvalue weighted by Gasteiger charge is 2.64. The van der Waals surface area contributed by atoms with Crippen LogP contribution in [0.25, 0.3) is 32.8 Å². The molecule has 76 heavy (non-hydrogen) atoms. The van der Waals surface area contributed by atoms with E-state index in [2.05, 4.69) is 60.0 Å². The summed E-state index contributed by atoms with van der Waals surface area (Å²) in [5.41, 5.74) is 7.91. The van der Waals surface area contributed by atoms with E-state index >= 15 is 13.2 Å². The maximum atomic E-state index is 18.9. The highest BCUT2D eigenvalue weighted by molar-refractivity contribution is 6.33. The van der Waals surface area contributed by atoms with Gasteiger partial charge in [0.05, 0.1) is 37.7 Å². The zero-order valence-electron chi connectivity index (χ0n) is 44.0. The van der Waals surface area contributed by atoms with Gasteiger partial charge in [0, 0.05) is 65.1 Å². The summed E-state index contributed by atoms with van der Waals surface area (Å²) in [6.45, 7) is 7.65. The zero-order chi connectivity index (χ0) is 52.0. The number of ether oxygens (including phenoxy) is 4. The van der Waals surface area contributed by atoms with Crippen LogP contribution in [0.4, 0.5) is 19.0 Å². The molecule has 3 aliphatic carbocycles. The first-order chi connectivity index (χ1) is 36.9. The predicted octanol–water partition coefficient (Wildman–Crippen LogP) is 14.8. The number of fused-ring (bicyclic) bond motifs is 2. The maximum absolute atomic E-state index is 18.9. The number of rotatable bonds is 15. The fraction of sp³-hybridized carbons (Fsp3) is 0.460. The molecule has 9 nitrogen and oxygen atoms in total. The number of alkyl halides is 1. The van der Waals surface area contributed by atoms with Crippen molar-refractivity contribution in [1.29, 1.82) is 0 Å². The van der Waals surface area contributed by atoms with Crippen molar-refractivity contribution < 1.29 is 32.1 Å². The highest BCUT2D eigenvalue weighted by atomic mass is 35.5. The summed E-state index contributed by atoms with van der Waals surface area (Å²) in [4.78, 5) is 9.42. The van der Waals surface area contributed by atoms with Crippen LogP contribution in [0, 0.1) is 23.0 Å². The van der Waals surface area contributed by atoms with Crippen LogP contribution in [0.15, 0.2) is 91.3 Å². The van der Waals surface area contributed by atoms with Crippen molar-refractivity contribution in [1.82, 2.24) is 19.7 Å². The summed E-state index contributed by atoms with van der Waals surface area (Å²) in [6.07, 6.45) is 12.1. The summed E-state index contributed by atoms with van der Waals surface area (Å²) in [7, 11) is 3.31. The molecule has 3 aliphatic heterocycles. The Kier molecular flexibility index (Phi) is 12.8. The van der Waals surface area contributed by atoms with Crippen molar-refractivity contribution in [3.63, 3.8) is 0 Å². The van der Waals surface area contributed by atoms with E-state index in [1.807, 2.05) is 47.3 Å². The molecule has 1 spiro atoms. The number of halogens is 4. The lowest BCUT2D eigenvalue weighted by atomic mass is 9.74. The quantitative estimate of drug-likeness (QED) is 0.101. The largest absolute Gasteiger partial charge is 0.497 e. The molecule has 0 N–H and O–H groups in total. The number of pyridine rings is 1. The molecule has 13 rings (SSSR count). The van der Waals surface area contributed by atoms with Gasteiger partial charge in [-0.3, -0.25) is 4.90 Å². The highest BCUT2D eigenvalue weighted by Crippen LogP contribution is 2.76. The van der Waals surface area contributed by atoms with Crippen molar-refractivity contribution in [3.8, 4) is 28.4 Å². The minimum absolute atomic E-state index is 0.0644. The van der Waals surface area contributed by atoms with Gasteiger partial charge in [-0.2, -0.15) is 5.10 Å². The number of nitrogens with zero attached hydrogens (tertiary/aromatic N) is 5. The third kappa shape index (κ3) is 8.78. The van der Waals surface area contributed by atoms with Crippen LogP contribution in [-0.4, -0.2) is 71.9 Å². The predicted molar refractivity (Wildman–Crippen MR) is 293 cm³/mol. The second-order valence-corrected chi connectivity index (χ2v) is 23.7. The lowest BCUT2D eigenvalue weighted by Crippen LogP contribution is -2.43. The average Bonchev–Trinajstić information content (AvgIpc) is 4.25. The summed E-state index contributed by atoms with van der Waals surface area (Å²) in [5.74, 6) is 1.79. The molecule has 3 unspecified atom stereocenters. The SMILES string of the molecule is COc1ccc(CN(Cc2ccc(OC)cc2)c2ncc(F)cc2[C@H](C)C2c3cc(OC[C@@]45CCCN4C[C@H](F)C5)cc4c(F)c(-c5c(C6CC67CC7)c(Cl)cc6c5cnn6C5CCCCO5)cc(c34)CC[C@@H]2C)cc1. The summed E-state index contributed by atoms with van der Waals surface area (Å²) in [5, 5.41) is 7.85. The van der Waals surface area contributed by atoms with E-state index in [0.717, 1.165) is 131 Å². The normalized spacial score (nSPS) is 24.9. The Morgan fingerprint density at radius 1 is 0.855 bits per heavy atom. The lowest BCUT2D eigenvalue weighted by Gasteiger charge is -2.34. The van der Waals surface area contributed by atoms with Crippen LogP contribution in [-0.2, 0) is 24.2 Å². The van der Waals surface area contributed by atoms with Crippen molar-refractivity contribution in [2.45, 2.75) is 133 Å².